The summed E-state index contributed by atoms with van der Waals surface area (Å²) in [6, 6.07) is 0. The smallest absolute Gasteiger partial charge is 0.106 e. The van der Waals surface area contributed by atoms with Gasteiger partial charge in [-0.2, -0.15) is 0 Å². The summed E-state index contributed by atoms with van der Waals surface area (Å²) in [7, 11) is 1.57. The van der Waals surface area contributed by atoms with Gasteiger partial charge in [-0.25, -0.2) is 0 Å². The molecule has 0 saturated carbocycles. The SMILES string of the molecule is CO/N=C(\C)CCC#CCN1CCCC1. The van der Waals surface area contributed by atoms with Gasteiger partial charge in [0.25, 0.3) is 0 Å². The lowest BCUT2D eigenvalue weighted by Gasteiger charge is -2.08. The minimum Gasteiger partial charge on any atom is -0.399 e. The number of hydrogen-bond donors (Lipinski definition) is 0. The van der Waals surface area contributed by atoms with Gasteiger partial charge in [-0.3, -0.25) is 4.90 Å². The topological polar surface area (TPSA) is 24.8 Å². The average molecular weight is 208 g/mol. The Morgan fingerprint density at radius 2 is 2.07 bits per heavy atom. The van der Waals surface area contributed by atoms with Gasteiger partial charge in [0.1, 0.15) is 7.11 Å². The second-order valence-electron chi connectivity index (χ2n) is 3.85. The van der Waals surface area contributed by atoms with Gasteiger partial charge in [0.2, 0.25) is 0 Å². The summed E-state index contributed by atoms with van der Waals surface area (Å²) < 4.78 is 0. The number of nitrogens with zero attached hydrogens (tertiary/aromatic N) is 2. The maximum Gasteiger partial charge on any atom is 0.106 e. The second kappa shape index (κ2) is 7.30. The van der Waals surface area contributed by atoms with Crippen molar-refractivity contribution in [1.29, 1.82) is 0 Å². The summed E-state index contributed by atoms with van der Waals surface area (Å²) in [6.07, 6.45) is 4.45. The number of rotatable bonds is 4. The van der Waals surface area contributed by atoms with E-state index in [0.29, 0.717) is 0 Å². The Kier molecular flexibility index (Phi) is 5.87. The standard InChI is InChI=1S/C12H20N2O/c1-12(13-15-2)8-4-3-5-9-14-10-6-7-11-14/h4,6-11H2,1-2H3/b13-12+. The summed E-state index contributed by atoms with van der Waals surface area (Å²) in [6.45, 7) is 5.34. The lowest BCUT2D eigenvalue weighted by Crippen LogP contribution is -2.18. The predicted octanol–water partition coefficient (Wildman–Crippen LogP) is 1.89. The van der Waals surface area contributed by atoms with E-state index in [-0.39, 0.29) is 0 Å². The summed E-state index contributed by atoms with van der Waals surface area (Å²) in [5.74, 6) is 6.38. The molecule has 1 aliphatic heterocycles. The van der Waals surface area contributed by atoms with E-state index in [0.717, 1.165) is 25.1 Å². The molecule has 0 amide bonds. The van der Waals surface area contributed by atoms with E-state index in [4.69, 9.17) is 0 Å². The fourth-order valence-corrected chi connectivity index (χ4v) is 1.64. The van der Waals surface area contributed by atoms with Crippen molar-refractivity contribution in [3.05, 3.63) is 0 Å². The van der Waals surface area contributed by atoms with Crippen molar-refractivity contribution in [1.82, 2.24) is 4.90 Å². The lowest BCUT2D eigenvalue weighted by atomic mass is 10.2. The highest BCUT2D eigenvalue weighted by atomic mass is 16.6. The van der Waals surface area contributed by atoms with Gasteiger partial charge >= 0.3 is 0 Å². The van der Waals surface area contributed by atoms with Crippen LogP contribution in [0.2, 0.25) is 0 Å². The predicted molar refractivity (Wildman–Crippen MR) is 62.8 cm³/mol. The van der Waals surface area contributed by atoms with Crippen molar-refractivity contribution in [2.75, 3.05) is 26.7 Å². The van der Waals surface area contributed by atoms with E-state index in [1.165, 1.54) is 25.9 Å². The molecule has 15 heavy (non-hydrogen) atoms. The van der Waals surface area contributed by atoms with Crippen LogP contribution in [0.25, 0.3) is 0 Å². The van der Waals surface area contributed by atoms with Crippen LogP contribution >= 0.6 is 0 Å². The molecule has 3 nitrogen and oxygen atoms in total. The van der Waals surface area contributed by atoms with Crippen molar-refractivity contribution in [2.45, 2.75) is 32.6 Å². The number of oxime groups is 1. The first-order valence-corrected chi connectivity index (χ1v) is 5.57. The van der Waals surface area contributed by atoms with E-state index < -0.39 is 0 Å². The maximum absolute atomic E-state index is 4.67. The molecule has 0 radical (unpaired) electrons. The molecule has 1 aliphatic rings. The van der Waals surface area contributed by atoms with Crippen LogP contribution in [-0.2, 0) is 4.84 Å². The van der Waals surface area contributed by atoms with Crippen LogP contribution in [0.4, 0.5) is 0 Å². The van der Waals surface area contributed by atoms with Gasteiger partial charge in [-0.1, -0.05) is 11.1 Å². The third-order valence-corrected chi connectivity index (χ3v) is 2.49. The van der Waals surface area contributed by atoms with Crippen molar-refractivity contribution in [3.8, 4) is 11.8 Å². The zero-order chi connectivity index (χ0) is 10.9. The molecule has 1 heterocycles. The summed E-state index contributed by atoms with van der Waals surface area (Å²) in [4.78, 5) is 7.08. The van der Waals surface area contributed by atoms with Crippen LogP contribution in [-0.4, -0.2) is 37.4 Å². The Hall–Kier alpha value is -1.01. The van der Waals surface area contributed by atoms with E-state index in [2.05, 4.69) is 26.7 Å². The molecule has 0 bridgehead atoms. The minimum absolute atomic E-state index is 0.881. The highest BCUT2D eigenvalue weighted by molar-refractivity contribution is 5.81. The summed E-state index contributed by atoms with van der Waals surface area (Å²) >= 11 is 0. The lowest BCUT2D eigenvalue weighted by molar-refractivity contribution is 0.212. The van der Waals surface area contributed by atoms with E-state index in [1.54, 1.807) is 7.11 Å². The van der Waals surface area contributed by atoms with E-state index >= 15 is 0 Å². The van der Waals surface area contributed by atoms with Gasteiger partial charge in [-0.15, -0.1) is 5.92 Å². The highest BCUT2D eigenvalue weighted by Gasteiger charge is 2.08. The Labute approximate surface area is 92.5 Å². The van der Waals surface area contributed by atoms with Gasteiger partial charge in [0, 0.05) is 6.42 Å². The maximum atomic E-state index is 4.67. The highest BCUT2D eigenvalue weighted by Crippen LogP contribution is 2.05. The van der Waals surface area contributed by atoms with Crippen molar-refractivity contribution >= 4 is 5.71 Å². The average Bonchev–Trinajstić information content (AvgIpc) is 2.70. The molecule has 1 fully saturated rings. The minimum atomic E-state index is 0.881. The molecule has 0 unspecified atom stereocenters. The zero-order valence-corrected chi connectivity index (χ0v) is 9.75. The Balaban J connectivity index is 2.08. The third-order valence-electron chi connectivity index (χ3n) is 2.49. The fourth-order valence-electron chi connectivity index (χ4n) is 1.64. The zero-order valence-electron chi connectivity index (χ0n) is 9.75. The first kappa shape index (κ1) is 12.1. The van der Waals surface area contributed by atoms with Crippen LogP contribution in [0, 0.1) is 11.8 Å². The van der Waals surface area contributed by atoms with Gasteiger partial charge in [-0.05, 0) is 39.3 Å². The molecule has 0 aromatic rings. The van der Waals surface area contributed by atoms with E-state index in [1.807, 2.05) is 6.92 Å². The molecule has 1 rings (SSSR count). The van der Waals surface area contributed by atoms with Crippen LogP contribution in [0.5, 0.6) is 0 Å². The van der Waals surface area contributed by atoms with Crippen LogP contribution in [0.3, 0.4) is 0 Å². The van der Waals surface area contributed by atoms with Crippen molar-refractivity contribution < 1.29 is 4.84 Å². The van der Waals surface area contributed by atoms with Crippen LogP contribution < -0.4 is 0 Å². The molecule has 84 valence electrons. The Morgan fingerprint density at radius 3 is 2.73 bits per heavy atom. The summed E-state index contributed by atoms with van der Waals surface area (Å²) in [5.41, 5.74) is 1.01. The van der Waals surface area contributed by atoms with E-state index in [9.17, 15) is 0 Å². The normalized spacial score (nSPS) is 17.3. The fraction of sp³-hybridized carbons (Fsp3) is 0.750. The molecular formula is C12H20N2O. The molecule has 0 spiro atoms. The molecule has 0 aromatic carbocycles. The molecule has 0 aliphatic carbocycles. The van der Waals surface area contributed by atoms with Crippen LogP contribution in [0.15, 0.2) is 5.16 Å². The van der Waals surface area contributed by atoms with Gasteiger partial charge in [0.15, 0.2) is 0 Å². The quantitative estimate of drug-likeness (QED) is 0.400. The first-order valence-electron chi connectivity index (χ1n) is 5.57. The van der Waals surface area contributed by atoms with Crippen molar-refractivity contribution in [2.24, 2.45) is 5.16 Å². The molecule has 3 heteroatoms. The largest absolute Gasteiger partial charge is 0.399 e. The molecule has 0 atom stereocenters. The first-order chi connectivity index (χ1) is 7.33. The van der Waals surface area contributed by atoms with Crippen molar-refractivity contribution in [3.63, 3.8) is 0 Å². The Bertz CT molecular complexity index is 257. The third kappa shape index (κ3) is 5.44. The molecule has 1 saturated heterocycles. The summed E-state index contributed by atoms with van der Waals surface area (Å²) in [5, 5.41) is 3.84. The molecular weight excluding hydrogens is 188 g/mol. The number of hydrogen-bond acceptors (Lipinski definition) is 3. The molecule has 0 N–H and O–H groups in total. The molecule has 0 aromatic heterocycles. The van der Waals surface area contributed by atoms with Gasteiger partial charge < -0.3 is 4.84 Å². The monoisotopic (exact) mass is 208 g/mol. The van der Waals surface area contributed by atoms with Crippen LogP contribution in [0.1, 0.15) is 32.6 Å². The Morgan fingerprint density at radius 1 is 1.33 bits per heavy atom. The number of likely N-dealkylation sites (tertiary alicyclic amines) is 1. The van der Waals surface area contributed by atoms with Gasteiger partial charge in [0.05, 0.1) is 12.3 Å². The second-order valence-corrected chi connectivity index (χ2v) is 3.85.